The van der Waals surface area contributed by atoms with Gasteiger partial charge >= 0.3 is 0 Å². The number of nitriles is 1. The van der Waals surface area contributed by atoms with E-state index in [0.717, 1.165) is 5.69 Å². The zero-order valence-electron chi connectivity index (χ0n) is 24.4. The highest BCUT2D eigenvalue weighted by Gasteiger charge is 2.37. The molecule has 44 heavy (non-hydrogen) atoms. The van der Waals surface area contributed by atoms with Gasteiger partial charge in [0, 0.05) is 51.5 Å². The molecule has 2 fully saturated rings. The number of fused-ring (bicyclic) bond motifs is 1. The molecular weight excluding hydrogens is 568 g/mol. The Kier molecular flexibility index (Phi) is 7.87. The molecule has 3 atom stereocenters. The molecule has 6 rings (SSSR count). The molecule has 5 heterocycles. The Morgan fingerprint density at radius 1 is 1.16 bits per heavy atom. The SMILES string of the molecule is CC(=O)NC1C(C)CN(c2ccncc2Nc2ncc3ccc(-c4c(F)cc(C5(C#N)CCOCC5)cc4F)nn23)CC1N. The van der Waals surface area contributed by atoms with Gasteiger partial charge in [-0.25, -0.2) is 13.8 Å². The summed E-state index contributed by atoms with van der Waals surface area (Å²) in [5.41, 5.74) is 7.64. The lowest BCUT2D eigenvalue weighted by molar-refractivity contribution is -0.120. The van der Waals surface area contributed by atoms with Gasteiger partial charge in [-0.1, -0.05) is 6.92 Å². The van der Waals surface area contributed by atoms with Crippen molar-refractivity contribution in [3.8, 4) is 17.3 Å². The molecule has 228 valence electrons. The molecule has 2 aliphatic heterocycles. The van der Waals surface area contributed by atoms with Crippen LogP contribution in [-0.2, 0) is 14.9 Å². The number of halogens is 2. The number of hydrogen-bond donors (Lipinski definition) is 3. The summed E-state index contributed by atoms with van der Waals surface area (Å²) in [6.07, 6.45) is 5.68. The number of aromatic nitrogens is 4. The predicted molar refractivity (Wildman–Crippen MR) is 160 cm³/mol. The number of piperidine rings is 1. The molecule has 4 aromatic rings. The number of rotatable bonds is 6. The molecule has 0 saturated carbocycles. The molecule has 2 saturated heterocycles. The maximum atomic E-state index is 15.5. The van der Waals surface area contributed by atoms with Crippen LogP contribution in [0.4, 0.5) is 26.1 Å². The first-order valence-electron chi connectivity index (χ1n) is 14.5. The van der Waals surface area contributed by atoms with Crippen LogP contribution in [0.25, 0.3) is 16.8 Å². The summed E-state index contributed by atoms with van der Waals surface area (Å²) < 4.78 is 37.9. The van der Waals surface area contributed by atoms with Crippen LogP contribution in [0.5, 0.6) is 0 Å². The second-order valence-corrected chi connectivity index (χ2v) is 11.5. The summed E-state index contributed by atoms with van der Waals surface area (Å²) >= 11 is 0. The van der Waals surface area contributed by atoms with Crippen LogP contribution in [0.3, 0.4) is 0 Å². The minimum absolute atomic E-state index is 0.0735. The fourth-order valence-electron chi connectivity index (χ4n) is 6.27. The van der Waals surface area contributed by atoms with Crippen LogP contribution in [0, 0.1) is 28.9 Å². The van der Waals surface area contributed by atoms with Gasteiger partial charge in [-0.05, 0) is 54.7 Å². The van der Waals surface area contributed by atoms with E-state index in [2.05, 4.69) is 36.7 Å². The van der Waals surface area contributed by atoms with Crippen molar-refractivity contribution < 1.29 is 18.3 Å². The number of nitrogens with one attached hydrogen (secondary N) is 2. The molecule has 4 N–H and O–H groups in total. The molecule has 0 bridgehead atoms. The topological polar surface area (TPSA) is 146 Å². The number of carbonyl (C=O) groups is 1. The minimum atomic E-state index is -1.00. The monoisotopic (exact) mass is 601 g/mol. The number of benzene rings is 1. The van der Waals surface area contributed by atoms with Crippen LogP contribution in [0.1, 0.15) is 32.3 Å². The summed E-state index contributed by atoms with van der Waals surface area (Å²) in [5.74, 6) is -1.30. The summed E-state index contributed by atoms with van der Waals surface area (Å²) in [4.78, 5) is 22.5. The fraction of sp³-hybridized carbons (Fsp3) is 0.387. The molecule has 1 aromatic carbocycles. The number of nitrogens with two attached hydrogens (primary N) is 1. The second kappa shape index (κ2) is 11.8. The first kappa shape index (κ1) is 29.4. The average Bonchev–Trinajstić information content (AvgIpc) is 3.41. The molecule has 0 aliphatic carbocycles. The Morgan fingerprint density at radius 2 is 1.91 bits per heavy atom. The second-order valence-electron chi connectivity index (χ2n) is 11.5. The number of nitrogens with zero attached hydrogens (tertiary/aromatic N) is 6. The van der Waals surface area contributed by atoms with E-state index in [-0.39, 0.29) is 35.2 Å². The third-order valence-corrected chi connectivity index (χ3v) is 8.56. The molecule has 1 amide bonds. The molecule has 2 aliphatic rings. The zero-order valence-corrected chi connectivity index (χ0v) is 24.4. The van der Waals surface area contributed by atoms with E-state index in [1.54, 1.807) is 24.7 Å². The van der Waals surface area contributed by atoms with E-state index in [1.807, 2.05) is 13.0 Å². The lowest BCUT2D eigenvalue weighted by Gasteiger charge is -2.42. The first-order valence-corrected chi connectivity index (χ1v) is 14.5. The molecule has 3 aromatic heterocycles. The molecule has 3 unspecified atom stereocenters. The lowest BCUT2D eigenvalue weighted by atomic mass is 9.75. The number of amides is 1. The van der Waals surface area contributed by atoms with Gasteiger partial charge in [0.15, 0.2) is 0 Å². The van der Waals surface area contributed by atoms with Gasteiger partial charge in [0.2, 0.25) is 11.9 Å². The van der Waals surface area contributed by atoms with Crippen LogP contribution >= 0.6 is 0 Å². The molecule has 0 radical (unpaired) electrons. The maximum absolute atomic E-state index is 15.5. The van der Waals surface area contributed by atoms with Crippen molar-refractivity contribution in [1.82, 2.24) is 24.9 Å². The maximum Gasteiger partial charge on any atom is 0.229 e. The summed E-state index contributed by atoms with van der Waals surface area (Å²) in [6.45, 7) is 5.40. The van der Waals surface area contributed by atoms with Crippen molar-refractivity contribution >= 4 is 28.7 Å². The zero-order chi connectivity index (χ0) is 31.0. The Labute approximate surface area is 253 Å². The van der Waals surface area contributed by atoms with Gasteiger partial charge in [0.25, 0.3) is 0 Å². The third-order valence-electron chi connectivity index (χ3n) is 8.56. The van der Waals surface area contributed by atoms with E-state index in [1.165, 1.54) is 29.6 Å². The number of imidazole rings is 1. The standard InChI is InChI=1S/C31H33F2N9O2/c1-18-15-41(16-24(35)29(18)38-19(2)43)27-5-8-36-14-26(27)39-30-37-13-21-3-4-25(40-42(21)30)28-22(32)11-20(12-23(28)33)31(17-34)6-9-44-10-7-31/h3-5,8,11-14,18,24,29H,6-7,9-10,15-16,35H2,1-2H3,(H,37,39)(H,38,43). The summed E-state index contributed by atoms with van der Waals surface area (Å²) in [5, 5.41) is 20.7. The van der Waals surface area contributed by atoms with Crippen molar-refractivity contribution in [2.24, 2.45) is 11.7 Å². The highest BCUT2D eigenvalue weighted by molar-refractivity contribution is 5.75. The van der Waals surface area contributed by atoms with Crippen LogP contribution in [0.15, 0.2) is 48.9 Å². The molecule has 0 spiro atoms. The smallest absolute Gasteiger partial charge is 0.229 e. The first-order chi connectivity index (χ1) is 21.2. The molecular formula is C31H33F2N9O2. The Hall–Kier alpha value is -4.67. The number of ether oxygens (including phenoxy) is 1. The summed E-state index contributed by atoms with van der Waals surface area (Å²) in [6, 6.07) is 9.38. The van der Waals surface area contributed by atoms with Gasteiger partial charge in [-0.3, -0.25) is 9.78 Å². The Morgan fingerprint density at radius 3 is 2.59 bits per heavy atom. The van der Waals surface area contributed by atoms with Crippen molar-refractivity contribution in [3.05, 3.63) is 66.1 Å². The van der Waals surface area contributed by atoms with Crippen LogP contribution < -0.4 is 21.3 Å². The van der Waals surface area contributed by atoms with Crippen molar-refractivity contribution in [3.63, 3.8) is 0 Å². The van der Waals surface area contributed by atoms with Gasteiger partial charge in [0.1, 0.15) is 11.6 Å². The highest BCUT2D eigenvalue weighted by atomic mass is 19.1. The van der Waals surface area contributed by atoms with Gasteiger partial charge in [-0.2, -0.15) is 14.9 Å². The normalized spacial score (nSPS) is 21.5. The van der Waals surface area contributed by atoms with E-state index in [4.69, 9.17) is 10.5 Å². The number of anilines is 3. The fourth-order valence-corrected chi connectivity index (χ4v) is 6.27. The largest absolute Gasteiger partial charge is 0.381 e. The molecule has 13 heteroatoms. The van der Waals surface area contributed by atoms with Crippen molar-refractivity contribution in [2.75, 3.05) is 36.5 Å². The third kappa shape index (κ3) is 5.42. The summed E-state index contributed by atoms with van der Waals surface area (Å²) in [7, 11) is 0. The van der Waals surface area contributed by atoms with Crippen molar-refractivity contribution in [1.29, 1.82) is 5.26 Å². The lowest BCUT2D eigenvalue weighted by Crippen LogP contribution is -2.61. The Bertz CT molecular complexity index is 1710. The highest BCUT2D eigenvalue weighted by Crippen LogP contribution is 2.38. The van der Waals surface area contributed by atoms with Crippen LogP contribution in [0.2, 0.25) is 0 Å². The van der Waals surface area contributed by atoms with Crippen molar-refractivity contribution in [2.45, 2.75) is 44.2 Å². The van der Waals surface area contributed by atoms with E-state index in [0.29, 0.717) is 61.9 Å². The average molecular weight is 602 g/mol. The number of pyridine rings is 1. The number of hydrogen-bond acceptors (Lipinski definition) is 9. The van der Waals surface area contributed by atoms with E-state index < -0.39 is 17.0 Å². The quantitative estimate of drug-likeness (QED) is 0.301. The van der Waals surface area contributed by atoms with Gasteiger partial charge in [0.05, 0.1) is 52.0 Å². The predicted octanol–water partition coefficient (Wildman–Crippen LogP) is 3.67. The van der Waals surface area contributed by atoms with Crippen LogP contribution in [-0.4, -0.2) is 63.9 Å². The molecule has 11 nitrogen and oxygen atoms in total. The van der Waals surface area contributed by atoms with E-state index >= 15 is 8.78 Å². The Balaban J connectivity index is 1.30. The minimum Gasteiger partial charge on any atom is -0.381 e. The van der Waals surface area contributed by atoms with E-state index in [9.17, 15) is 10.1 Å². The van der Waals surface area contributed by atoms with Gasteiger partial charge < -0.3 is 26.0 Å². The van der Waals surface area contributed by atoms with Gasteiger partial charge in [-0.15, -0.1) is 0 Å². The number of carbonyl (C=O) groups excluding carboxylic acids is 1.